The smallest absolute Gasteiger partial charge is 0.342 e. The highest BCUT2D eigenvalue weighted by Crippen LogP contribution is 2.36. The van der Waals surface area contributed by atoms with Crippen molar-refractivity contribution in [3.63, 3.8) is 0 Å². The van der Waals surface area contributed by atoms with Gasteiger partial charge in [-0.05, 0) is 6.07 Å². The Hall–Kier alpha value is -2.49. The summed E-state index contributed by atoms with van der Waals surface area (Å²) in [5.41, 5.74) is 1.02. The van der Waals surface area contributed by atoms with Gasteiger partial charge in [0.15, 0.2) is 0 Å². The number of aromatic nitrogens is 1. The number of carbonyl (C=O) groups excluding carboxylic acids is 1. The van der Waals surface area contributed by atoms with E-state index in [-0.39, 0.29) is 11.3 Å². The molecule has 0 spiro atoms. The number of carbonyl (C=O) groups is 1. The number of nitrogens with one attached hydrogen (secondary N) is 1. The number of methoxy groups -OCH3 is 1. The number of esters is 1. The van der Waals surface area contributed by atoms with Crippen LogP contribution in [0.5, 0.6) is 5.75 Å². The van der Waals surface area contributed by atoms with Crippen LogP contribution in [0, 0.1) is 0 Å². The van der Waals surface area contributed by atoms with Crippen molar-refractivity contribution >= 4 is 27.6 Å². The molecule has 18 heavy (non-hydrogen) atoms. The van der Waals surface area contributed by atoms with Gasteiger partial charge in [-0.3, -0.25) is 0 Å². The number of hydrogen-bond donors (Lipinski definition) is 2. The molecule has 0 aliphatic heterocycles. The number of rotatable bonds is 1. The minimum atomic E-state index is -0.539. The monoisotopic (exact) mass is 241 g/mol. The predicted molar refractivity (Wildman–Crippen MR) is 68.8 cm³/mol. The van der Waals surface area contributed by atoms with Gasteiger partial charge >= 0.3 is 5.97 Å². The van der Waals surface area contributed by atoms with Gasteiger partial charge in [-0.15, -0.1) is 0 Å². The van der Waals surface area contributed by atoms with Crippen molar-refractivity contribution in [3.8, 4) is 5.75 Å². The first-order valence-electron chi connectivity index (χ1n) is 5.53. The molecule has 0 unspecified atom stereocenters. The van der Waals surface area contributed by atoms with E-state index in [1.165, 1.54) is 7.11 Å². The molecule has 0 aliphatic carbocycles. The zero-order valence-electron chi connectivity index (χ0n) is 9.73. The Morgan fingerprint density at radius 1 is 1.17 bits per heavy atom. The summed E-state index contributed by atoms with van der Waals surface area (Å²) in [5.74, 6) is -0.576. The van der Waals surface area contributed by atoms with Crippen LogP contribution in [0.3, 0.4) is 0 Å². The maximum Gasteiger partial charge on any atom is 0.342 e. The van der Waals surface area contributed by atoms with Crippen LogP contribution >= 0.6 is 0 Å². The summed E-state index contributed by atoms with van der Waals surface area (Å²) in [6.07, 6.45) is 1.74. The molecule has 0 fully saturated rings. The summed E-state index contributed by atoms with van der Waals surface area (Å²) < 4.78 is 4.73. The summed E-state index contributed by atoms with van der Waals surface area (Å²) in [7, 11) is 1.30. The molecule has 0 amide bonds. The molecule has 3 aromatic rings. The van der Waals surface area contributed by atoms with Crippen LogP contribution < -0.4 is 0 Å². The van der Waals surface area contributed by atoms with Gasteiger partial charge in [-0.25, -0.2) is 4.79 Å². The second-order valence-corrected chi connectivity index (χ2v) is 4.03. The largest absolute Gasteiger partial charge is 0.506 e. The molecule has 90 valence electrons. The third-order valence-electron chi connectivity index (χ3n) is 3.09. The average molecular weight is 241 g/mol. The molecule has 4 nitrogen and oxygen atoms in total. The zero-order chi connectivity index (χ0) is 12.7. The van der Waals surface area contributed by atoms with E-state index in [2.05, 4.69) is 4.98 Å². The summed E-state index contributed by atoms with van der Waals surface area (Å²) in [4.78, 5) is 14.9. The molecule has 2 aromatic carbocycles. The Bertz CT molecular complexity index is 758. The fourth-order valence-electron chi connectivity index (χ4n) is 2.28. The van der Waals surface area contributed by atoms with Crippen molar-refractivity contribution in [2.75, 3.05) is 7.11 Å². The second kappa shape index (κ2) is 3.77. The fraction of sp³-hybridized carbons (Fsp3) is 0.0714. The lowest BCUT2D eigenvalue weighted by Gasteiger charge is -2.09. The molecule has 0 saturated heterocycles. The summed E-state index contributed by atoms with van der Waals surface area (Å²) in [6.45, 7) is 0. The Balaban J connectivity index is 2.56. The highest BCUT2D eigenvalue weighted by molar-refractivity contribution is 6.18. The Labute approximate surface area is 103 Å². The molecule has 0 saturated carbocycles. The number of benzene rings is 2. The minimum Gasteiger partial charge on any atom is -0.506 e. The van der Waals surface area contributed by atoms with E-state index in [9.17, 15) is 9.90 Å². The number of aromatic hydroxyl groups is 1. The van der Waals surface area contributed by atoms with E-state index in [1.54, 1.807) is 18.3 Å². The molecule has 1 aromatic heterocycles. The molecule has 4 heteroatoms. The van der Waals surface area contributed by atoms with E-state index >= 15 is 0 Å². The predicted octanol–water partition coefficient (Wildman–Crippen LogP) is 2.81. The fourth-order valence-corrected chi connectivity index (χ4v) is 2.28. The van der Waals surface area contributed by atoms with Crippen molar-refractivity contribution in [1.82, 2.24) is 4.98 Å². The van der Waals surface area contributed by atoms with Gasteiger partial charge in [-0.2, -0.15) is 0 Å². The van der Waals surface area contributed by atoms with Crippen molar-refractivity contribution in [1.29, 1.82) is 0 Å². The number of H-pyrrole nitrogens is 1. The van der Waals surface area contributed by atoms with E-state index in [0.29, 0.717) is 10.8 Å². The highest BCUT2D eigenvalue weighted by Gasteiger charge is 2.20. The third kappa shape index (κ3) is 1.29. The number of ether oxygens (including phenoxy) is 1. The summed E-state index contributed by atoms with van der Waals surface area (Å²) >= 11 is 0. The molecule has 3 rings (SSSR count). The number of aromatic amines is 1. The van der Waals surface area contributed by atoms with Crippen LogP contribution in [0.25, 0.3) is 21.7 Å². The molecule has 0 atom stereocenters. The van der Waals surface area contributed by atoms with Gasteiger partial charge in [0.25, 0.3) is 0 Å². The molecular formula is C14H11NO3. The van der Waals surface area contributed by atoms with Crippen LogP contribution in [0.2, 0.25) is 0 Å². The van der Waals surface area contributed by atoms with Crippen molar-refractivity contribution in [3.05, 3.63) is 42.1 Å². The Morgan fingerprint density at radius 3 is 2.61 bits per heavy atom. The van der Waals surface area contributed by atoms with Crippen LogP contribution in [0.1, 0.15) is 10.4 Å². The van der Waals surface area contributed by atoms with Gasteiger partial charge in [0.05, 0.1) is 12.6 Å². The minimum absolute atomic E-state index is 0.0375. The number of hydrogen-bond acceptors (Lipinski definition) is 3. The molecule has 0 bridgehead atoms. The van der Waals surface area contributed by atoms with Crippen LogP contribution in [0.4, 0.5) is 0 Å². The molecule has 0 aliphatic rings. The van der Waals surface area contributed by atoms with Gasteiger partial charge in [0.2, 0.25) is 0 Å². The number of phenols is 1. The first-order valence-corrected chi connectivity index (χ1v) is 5.53. The van der Waals surface area contributed by atoms with Gasteiger partial charge in [0.1, 0.15) is 11.3 Å². The quantitative estimate of drug-likeness (QED) is 0.644. The Kier molecular flexibility index (Phi) is 2.23. The lowest BCUT2D eigenvalue weighted by Crippen LogP contribution is -2.02. The third-order valence-corrected chi connectivity index (χ3v) is 3.09. The normalized spacial score (nSPS) is 10.9. The topological polar surface area (TPSA) is 62.3 Å². The first-order chi connectivity index (χ1) is 8.74. The number of fused-ring (bicyclic) bond motifs is 3. The van der Waals surface area contributed by atoms with E-state index < -0.39 is 5.97 Å². The maximum absolute atomic E-state index is 11.8. The molecule has 1 heterocycles. The van der Waals surface area contributed by atoms with Crippen LogP contribution in [0.15, 0.2) is 36.5 Å². The van der Waals surface area contributed by atoms with E-state index in [0.717, 1.165) is 10.9 Å². The van der Waals surface area contributed by atoms with Gasteiger partial charge in [0, 0.05) is 22.4 Å². The maximum atomic E-state index is 11.8. The summed E-state index contributed by atoms with van der Waals surface area (Å²) in [5, 5.41) is 12.4. The van der Waals surface area contributed by atoms with Crippen molar-refractivity contribution in [2.45, 2.75) is 0 Å². The van der Waals surface area contributed by atoms with Crippen molar-refractivity contribution in [2.24, 2.45) is 0 Å². The average Bonchev–Trinajstić information content (AvgIpc) is 2.88. The van der Waals surface area contributed by atoms with E-state index in [1.807, 2.05) is 18.2 Å². The highest BCUT2D eigenvalue weighted by atomic mass is 16.5. The molecule has 0 radical (unpaired) electrons. The molecular weight excluding hydrogens is 230 g/mol. The standard InChI is InChI=1S/C14H11NO3/c1-18-14(17)11-10-6-7-15-12(10)8-4-2-3-5-9(8)13(11)16/h2-7,15-16H,1H3. The second-order valence-electron chi connectivity index (χ2n) is 4.03. The zero-order valence-corrected chi connectivity index (χ0v) is 9.73. The summed E-state index contributed by atoms with van der Waals surface area (Å²) in [6, 6.07) is 9.14. The lowest BCUT2D eigenvalue weighted by molar-refractivity contribution is 0.0600. The van der Waals surface area contributed by atoms with Crippen LogP contribution in [-0.2, 0) is 4.74 Å². The Morgan fingerprint density at radius 2 is 1.89 bits per heavy atom. The van der Waals surface area contributed by atoms with Gasteiger partial charge < -0.3 is 14.8 Å². The molecule has 2 N–H and O–H groups in total. The number of phenolic OH excluding ortho intramolecular Hbond substituents is 1. The van der Waals surface area contributed by atoms with E-state index in [4.69, 9.17) is 4.74 Å². The van der Waals surface area contributed by atoms with Crippen LogP contribution in [-0.4, -0.2) is 23.2 Å². The van der Waals surface area contributed by atoms with Gasteiger partial charge in [-0.1, -0.05) is 24.3 Å². The lowest BCUT2D eigenvalue weighted by atomic mass is 10.0. The first kappa shape index (κ1) is 10.7. The van der Waals surface area contributed by atoms with Crippen molar-refractivity contribution < 1.29 is 14.6 Å². The SMILES string of the molecule is COC(=O)c1c(O)c2ccccc2c2[nH]ccc12.